The summed E-state index contributed by atoms with van der Waals surface area (Å²) in [5.41, 5.74) is 2.98. The Labute approximate surface area is 163 Å². The second kappa shape index (κ2) is 10.5. The Morgan fingerprint density at radius 2 is 1.59 bits per heavy atom. The van der Waals surface area contributed by atoms with Crippen molar-refractivity contribution in [2.45, 2.75) is 59.4 Å². The van der Waals surface area contributed by atoms with E-state index >= 15 is 0 Å². The quantitative estimate of drug-likeness (QED) is 0.736. The van der Waals surface area contributed by atoms with Gasteiger partial charge in [-0.3, -0.25) is 9.59 Å². The summed E-state index contributed by atoms with van der Waals surface area (Å²) in [6.45, 7) is 10.8. The van der Waals surface area contributed by atoms with Crippen LogP contribution in [0.1, 0.15) is 61.0 Å². The third-order valence-corrected chi connectivity index (χ3v) is 5.54. The molecule has 150 valence electrons. The standard InChI is InChI=1S/C22H35N3O2/c1-5-25(6-2)21(26)15-23-20-9-7-18(8-10-20)14-24-22(27)19-12-16(3)11-17(4)13-19/h11-13,18,20,23H,5-10,14-15H2,1-4H3,(H,24,27)/t18-,20+. The van der Waals surface area contributed by atoms with Gasteiger partial charge in [0, 0.05) is 31.2 Å². The summed E-state index contributed by atoms with van der Waals surface area (Å²) in [6, 6.07) is 6.37. The van der Waals surface area contributed by atoms with E-state index in [1.165, 1.54) is 0 Å². The summed E-state index contributed by atoms with van der Waals surface area (Å²) in [7, 11) is 0. The molecule has 5 nitrogen and oxygen atoms in total. The van der Waals surface area contributed by atoms with Crippen molar-refractivity contribution in [2.24, 2.45) is 5.92 Å². The maximum atomic E-state index is 12.4. The fourth-order valence-electron chi connectivity index (χ4n) is 3.94. The van der Waals surface area contributed by atoms with Crippen LogP contribution in [-0.2, 0) is 4.79 Å². The number of carbonyl (C=O) groups is 2. The number of amides is 2. The van der Waals surface area contributed by atoms with Crippen LogP contribution in [0.25, 0.3) is 0 Å². The molecule has 0 radical (unpaired) electrons. The van der Waals surface area contributed by atoms with Gasteiger partial charge < -0.3 is 15.5 Å². The molecule has 1 aliphatic rings. The predicted molar refractivity (Wildman–Crippen MR) is 110 cm³/mol. The van der Waals surface area contributed by atoms with Gasteiger partial charge in [-0.2, -0.15) is 0 Å². The highest BCUT2D eigenvalue weighted by Crippen LogP contribution is 2.23. The Morgan fingerprint density at radius 1 is 1.00 bits per heavy atom. The number of likely N-dealkylation sites (N-methyl/N-ethyl adjacent to an activating group) is 1. The summed E-state index contributed by atoms with van der Waals surface area (Å²) in [5, 5.41) is 6.51. The van der Waals surface area contributed by atoms with Crippen LogP contribution in [0.15, 0.2) is 18.2 Å². The first kappa shape index (κ1) is 21.4. The Bertz CT molecular complexity index is 612. The Kier molecular flexibility index (Phi) is 8.29. The Balaban J connectivity index is 1.70. The normalized spacial score (nSPS) is 19.6. The van der Waals surface area contributed by atoms with E-state index in [2.05, 4.69) is 16.7 Å². The molecule has 0 aliphatic heterocycles. The molecule has 1 aromatic rings. The fraction of sp³-hybridized carbons (Fsp3) is 0.636. The van der Waals surface area contributed by atoms with Gasteiger partial charge in [0.05, 0.1) is 6.54 Å². The van der Waals surface area contributed by atoms with Crippen LogP contribution < -0.4 is 10.6 Å². The van der Waals surface area contributed by atoms with Gasteiger partial charge in [-0.15, -0.1) is 0 Å². The number of hydrogen-bond acceptors (Lipinski definition) is 3. The van der Waals surface area contributed by atoms with Crippen LogP contribution in [0, 0.1) is 19.8 Å². The lowest BCUT2D eigenvalue weighted by Gasteiger charge is -2.30. The maximum Gasteiger partial charge on any atom is 0.251 e. The number of rotatable bonds is 8. The van der Waals surface area contributed by atoms with Crippen LogP contribution >= 0.6 is 0 Å². The number of aryl methyl sites for hydroxylation is 2. The molecule has 0 spiro atoms. The molecule has 1 fully saturated rings. The molecule has 0 bridgehead atoms. The molecular weight excluding hydrogens is 338 g/mol. The zero-order valence-corrected chi connectivity index (χ0v) is 17.3. The fourth-order valence-corrected chi connectivity index (χ4v) is 3.94. The molecule has 2 rings (SSSR count). The SMILES string of the molecule is CCN(CC)C(=O)CN[C@H]1CC[C@@H](CNC(=O)c2cc(C)cc(C)c2)CC1. The Morgan fingerprint density at radius 3 is 2.15 bits per heavy atom. The zero-order valence-electron chi connectivity index (χ0n) is 17.3. The molecule has 1 aromatic carbocycles. The van der Waals surface area contributed by atoms with Gasteiger partial charge in [0.2, 0.25) is 5.91 Å². The zero-order chi connectivity index (χ0) is 19.8. The first-order valence-corrected chi connectivity index (χ1v) is 10.3. The van der Waals surface area contributed by atoms with Gasteiger partial charge in [0.25, 0.3) is 5.91 Å². The lowest BCUT2D eigenvalue weighted by molar-refractivity contribution is -0.130. The van der Waals surface area contributed by atoms with Gasteiger partial charge in [-0.05, 0) is 71.4 Å². The van der Waals surface area contributed by atoms with Crippen molar-refractivity contribution in [2.75, 3.05) is 26.2 Å². The first-order chi connectivity index (χ1) is 12.9. The molecule has 0 atom stereocenters. The topological polar surface area (TPSA) is 61.4 Å². The first-order valence-electron chi connectivity index (χ1n) is 10.3. The van der Waals surface area contributed by atoms with Crippen molar-refractivity contribution in [3.05, 3.63) is 34.9 Å². The van der Waals surface area contributed by atoms with Gasteiger partial charge >= 0.3 is 0 Å². The summed E-state index contributed by atoms with van der Waals surface area (Å²) in [4.78, 5) is 26.3. The predicted octanol–water partition coefficient (Wildman–Crippen LogP) is 3.05. The van der Waals surface area contributed by atoms with Crippen LogP contribution in [0.3, 0.4) is 0 Å². The van der Waals surface area contributed by atoms with Crippen molar-refractivity contribution in [1.82, 2.24) is 15.5 Å². The number of benzene rings is 1. The molecule has 2 amide bonds. The average Bonchev–Trinajstić information content (AvgIpc) is 2.65. The lowest BCUT2D eigenvalue weighted by atomic mass is 9.86. The smallest absolute Gasteiger partial charge is 0.251 e. The number of nitrogens with one attached hydrogen (secondary N) is 2. The van der Waals surface area contributed by atoms with E-state index in [-0.39, 0.29) is 11.8 Å². The molecular formula is C22H35N3O2. The monoisotopic (exact) mass is 373 g/mol. The van der Waals surface area contributed by atoms with E-state index in [1.54, 1.807) is 0 Å². The van der Waals surface area contributed by atoms with E-state index in [1.807, 2.05) is 44.7 Å². The molecule has 5 heteroatoms. The maximum absolute atomic E-state index is 12.4. The summed E-state index contributed by atoms with van der Waals surface area (Å²) in [6.07, 6.45) is 4.31. The largest absolute Gasteiger partial charge is 0.352 e. The van der Waals surface area contributed by atoms with Crippen molar-refractivity contribution < 1.29 is 9.59 Å². The van der Waals surface area contributed by atoms with Crippen molar-refractivity contribution >= 4 is 11.8 Å². The number of hydrogen-bond donors (Lipinski definition) is 2. The summed E-state index contributed by atoms with van der Waals surface area (Å²) >= 11 is 0. The van der Waals surface area contributed by atoms with E-state index in [4.69, 9.17) is 0 Å². The van der Waals surface area contributed by atoms with Gasteiger partial charge in [-0.25, -0.2) is 0 Å². The second-order valence-electron chi connectivity index (χ2n) is 7.75. The third kappa shape index (κ3) is 6.65. The van der Waals surface area contributed by atoms with E-state index in [0.29, 0.717) is 18.5 Å². The van der Waals surface area contributed by atoms with E-state index in [0.717, 1.165) is 62.0 Å². The molecule has 0 heterocycles. The van der Waals surface area contributed by atoms with Crippen LogP contribution in [-0.4, -0.2) is 48.9 Å². The van der Waals surface area contributed by atoms with Crippen LogP contribution in [0.5, 0.6) is 0 Å². The average molecular weight is 374 g/mol. The van der Waals surface area contributed by atoms with Crippen molar-refractivity contribution in [1.29, 1.82) is 0 Å². The minimum Gasteiger partial charge on any atom is -0.352 e. The molecule has 0 aromatic heterocycles. The minimum absolute atomic E-state index is 0.0202. The van der Waals surface area contributed by atoms with Gasteiger partial charge in [-0.1, -0.05) is 17.2 Å². The van der Waals surface area contributed by atoms with Crippen LogP contribution in [0.4, 0.5) is 0 Å². The molecule has 0 saturated heterocycles. The molecule has 0 unspecified atom stereocenters. The van der Waals surface area contributed by atoms with E-state index in [9.17, 15) is 9.59 Å². The van der Waals surface area contributed by atoms with Crippen molar-refractivity contribution in [3.8, 4) is 0 Å². The highest BCUT2D eigenvalue weighted by atomic mass is 16.2. The van der Waals surface area contributed by atoms with Crippen molar-refractivity contribution in [3.63, 3.8) is 0 Å². The number of nitrogens with zero attached hydrogens (tertiary/aromatic N) is 1. The third-order valence-electron chi connectivity index (χ3n) is 5.54. The van der Waals surface area contributed by atoms with Crippen LogP contribution in [0.2, 0.25) is 0 Å². The minimum atomic E-state index is 0.0202. The summed E-state index contributed by atoms with van der Waals surface area (Å²) < 4.78 is 0. The lowest BCUT2D eigenvalue weighted by Crippen LogP contribution is -2.43. The molecule has 2 N–H and O–H groups in total. The molecule has 1 aliphatic carbocycles. The van der Waals surface area contributed by atoms with E-state index < -0.39 is 0 Å². The highest BCUT2D eigenvalue weighted by Gasteiger charge is 2.22. The second-order valence-corrected chi connectivity index (χ2v) is 7.75. The molecule has 27 heavy (non-hydrogen) atoms. The summed E-state index contributed by atoms with van der Waals surface area (Å²) in [5.74, 6) is 0.728. The highest BCUT2D eigenvalue weighted by molar-refractivity contribution is 5.94. The van der Waals surface area contributed by atoms with Gasteiger partial charge in [0.1, 0.15) is 0 Å². The number of carbonyl (C=O) groups excluding carboxylic acids is 2. The Hall–Kier alpha value is -1.88. The molecule has 1 saturated carbocycles. The van der Waals surface area contributed by atoms with Gasteiger partial charge in [0.15, 0.2) is 0 Å².